The molecule has 144 valence electrons. The molecule has 0 bridgehead atoms. The Bertz CT molecular complexity index is 1160. The molecule has 1 aliphatic heterocycles. The molecule has 1 heterocycles. The van der Waals surface area contributed by atoms with Crippen LogP contribution in [0.1, 0.15) is 5.56 Å². The lowest BCUT2D eigenvalue weighted by Crippen LogP contribution is -2.54. The van der Waals surface area contributed by atoms with Gasteiger partial charge in [0.15, 0.2) is 0 Å². The maximum atomic E-state index is 13.1. The zero-order valence-electron chi connectivity index (χ0n) is 16.0. The molecule has 0 unspecified atom stereocenters. The Balaban J connectivity index is 1.76. The third-order valence-corrected chi connectivity index (χ3v) is 4.83. The first-order valence-electron chi connectivity index (χ1n) is 9.12. The minimum absolute atomic E-state index is 0.0878. The van der Waals surface area contributed by atoms with Gasteiger partial charge in [-0.25, -0.2) is 9.69 Å². The van der Waals surface area contributed by atoms with Crippen LogP contribution in [0.5, 0.6) is 0 Å². The number of urea groups is 1. The number of fused-ring (bicyclic) bond motifs is 1. The van der Waals surface area contributed by atoms with Gasteiger partial charge in [0.1, 0.15) is 5.57 Å². The van der Waals surface area contributed by atoms with Crippen LogP contribution in [0.15, 0.2) is 72.3 Å². The van der Waals surface area contributed by atoms with Gasteiger partial charge in [-0.2, -0.15) is 0 Å². The van der Waals surface area contributed by atoms with Gasteiger partial charge in [-0.15, -0.1) is 0 Å². The summed E-state index contributed by atoms with van der Waals surface area (Å²) < 4.78 is 0. The number of rotatable bonds is 3. The second kappa shape index (κ2) is 7.24. The highest BCUT2D eigenvalue weighted by Gasteiger charge is 2.37. The zero-order chi connectivity index (χ0) is 20.5. The molecule has 1 saturated heterocycles. The van der Waals surface area contributed by atoms with E-state index in [1.54, 1.807) is 12.1 Å². The molecule has 4 amide bonds. The standard InChI is InChI=1S/C23H19N3O3/c1-25(2)17-12-10-15(11-13-17)14-19-21(27)24-23(29)26(22(19)28)20-9-5-7-16-6-3-4-8-18(16)20/h3-14H,1-2H3,(H,24,27,29)/b19-14+. The Morgan fingerprint density at radius 3 is 2.28 bits per heavy atom. The Hall–Kier alpha value is -3.93. The Morgan fingerprint density at radius 2 is 1.55 bits per heavy atom. The van der Waals surface area contributed by atoms with Crippen LogP contribution in [0.3, 0.4) is 0 Å². The molecule has 0 aliphatic carbocycles. The number of anilines is 2. The molecule has 1 fully saturated rings. The maximum Gasteiger partial charge on any atom is 0.335 e. The fourth-order valence-electron chi connectivity index (χ4n) is 3.31. The number of amides is 4. The van der Waals surface area contributed by atoms with Crippen molar-refractivity contribution in [2.45, 2.75) is 0 Å². The molecule has 29 heavy (non-hydrogen) atoms. The number of hydrogen-bond donors (Lipinski definition) is 1. The number of carbonyl (C=O) groups excluding carboxylic acids is 3. The van der Waals surface area contributed by atoms with Crippen molar-refractivity contribution in [2.24, 2.45) is 0 Å². The highest BCUT2D eigenvalue weighted by atomic mass is 16.2. The number of hydrogen-bond acceptors (Lipinski definition) is 4. The van der Waals surface area contributed by atoms with Crippen LogP contribution in [-0.4, -0.2) is 31.9 Å². The van der Waals surface area contributed by atoms with E-state index < -0.39 is 17.8 Å². The minimum atomic E-state index is -0.753. The van der Waals surface area contributed by atoms with Crippen molar-refractivity contribution in [2.75, 3.05) is 23.9 Å². The van der Waals surface area contributed by atoms with Gasteiger partial charge in [-0.1, -0.05) is 48.5 Å². The first-order valence-corrected chi connectivity index (χ1v) is 9.12. The molecule has 4 rings (SSSR count). The van der Waals surface area contributed by atoms with Crippen LogP contribution in [0, 0.1) is 0 Å². The fourth-order valence-corrected chi connectivity index (χ4v) is 3.31. The van der Waals surface area contributed by atoms with Gasteiger partial charge in [0.2, 0.25) is 0 Å². The number of carbonyl (C=O) groups is 3. The van der Waals surface area contributed by atoms with Gasteiger partial charge in [0, 0.05) is 25.2 Å². The second-order valence-electron chi connectivity index (χ2n) is 6.94. The largest absolute Gasteiger partial charge is 0.378 e. The first kappa shape index (κ1) is 18.4. The third kappa shape index (κ3) is 3.36. The van der Waals surface area contributed by atoms with Gasteiger partial charge in [0.05, 0.1) is 5.69 Å². The molecular formula is C23H19N3O3. The van der Waals surface area contributed by atoms with Gasteiger partial charge < -0.3 is 4.90 Å². The van der Waals surface area contributed by atoms with Crippen molar-refractivity contribution in [3.05, 3.63) is 77.9 Å². The molecule has 3 aromatic rings. The average molecular weight is 385 g/mol. The lowest BCUT2D eigenvalue weighted by atomic mass is 10.0. The van der Waals surface area contributed by atoms with Gasteiger partial charge in [-0.3, -0.25) is 14.9 Å². The van der Waals surface area contributed by atoms with Crippen molar-refractivity contribution in [1.82, 2.24) is 5.32 Å². The zero-order valence-corrected chi connectivity index (χ0v) is 16.0. The highest BCUT2D eigenvalue weighted by molar-refractivity contribution is 6.40. The van der Waals surface area contributed by atoms with E-state index in [1.807, 2.05) is 73.6 Å². The van der Waals surface area contributed by atoms with Gasteiger partial charge in [-0.05, 0) is 35.2 Å². The highest BCUT2D eigenvalue weighted by Crippen LogP contribution is 2.29. The molecule has 0 saturated carbocycles. The van der Waals surface area contributed by atoms with E-state index in [-0.39, 0.29) is 5.57 Å². The summed E-state index contributed by atoms with van der Waals surface area (Å²) in [7, 11) is 3.86. The smallest absolute Gasteiger partial charge is 0.335 e. The normalized spacial score (nSPS) is 15.7. The quantitative estimate of drug-likeness (QED) is 0.553. The summed E-state index contributed by atoms with van der Waals surface area (Å²) in [5.41, 5.74) is 2.04. The number of nitrogens with one attached hydrogen (secondary N) is 1. The summed E-state index contributed by atoms with van der Waals surface area (Å²) in [6, 6.07) is 19.5. The number of nitrogens with zero attached hydrogens (tertiary/aromatic N) is 2. The van der Waals surface area contributed by atoms with Crippen molar-refractivity contribution < 1.29 is 14.4 Å². The van der Waals surface area contributed by atoms with Crippen LogP contribution in [0.4, 0.5) is 16.2 Å². The molecule has 0 atom stereocenters. The molecule has 0 spiro atoms. The van der Waals surface area contributed by atoms with Gasteiger partial charge >= 0.3 is 6.03 Å². The topological polar surface area (TPSA) is 69.7 Å². The lowest BCUT2D eigenvalue weighted by Gasteiger charge is -2.27. The van der Waals surface area contributed by atoms with E-state index in [1.165, 1.54) is 6.08 Å². The van der Waals surface area contributed by atoms with Gasteiger partial charge in [0.25, 0.3) is 11.8 Å². The minimum Gasteiger partial charge on any atom is -0.378 e. The summed E-state index contributed by atoms with van der Waals surface area (Å²) in [5, 5.41) is 3.92. The molecule has 0 radical (unpaired) electrons. The van der Waals surface area contributed by atoms with E-state index in [2.05, 4.69) is 5.32 Å². The molecule has 0 aromatic heterocycles. The van der Waals surface area contributed by atoms with Crippen LogP contribution in [0.25, 0.3) is 16.8 Å². The molecule has 6 nitrogen and oxygen atoms in total. The van der Waals surface area contributed by atoms with Crippen molar-refractivity contribution in [3.63, 3.8) is 0 Å². The number of imide groups is 2. The summed E-state index contributed by atoms with van der Waals surface area (Å²) in [6.45, 7) is 0. The summed E-state index contributed by atoms with van der Waals surface area (Å²) in [6.07, 6.45) is 1.50. The second-order valence-corrected chi connectivity index (χ2v) is 6.94. The van der Waals surface area contributed by atoms with Crippen LogP contribution >= 0.6 is 0 Å². The van der Waals surface area contributed by atoms with Crippen LogP contribution < -0.4 is 15.1 Å². The Morgan fingerprint density at radius 1 is 0.862 bits per heavy atom. The Labute approximate surface area is 168 Å². The SMILES string of the molecule is CN(C)c1ccc(/C=C2\C(=O)NC(=O)N(c3cccc4ccccc34)C2=O)cc1. The summed E-state index contributed by atoms with van der Waals surface area (Å²) >= 11 is 0. The van der Waals surface area contributed by atoms with Crippen molar-refractivity contribution in [1.29, 1.82) is 0 Å². The van der Waals surface area contributed by atoms with E-state index in [0.29, 0.717) is 11.3 Å². The summed E-state index contributed by atoms with van der Waals surface area (Å²) in [5.74, 6) is -1.35. The molecule has 6 heteroatoms. The van der Waals surface area contributed by atoms with Crippen LogP contribution in [-0.2, 0) is 9.59 Å². The van der Waals surface area contributed by atoms with Crippen LogP contribution in [0.2, 0.25) is 0 Å². The predicted octanol–water partition coefficient (Wildman–Crippen LogP) is 3.57. The third-order valence-electron chi connectivity index (χ3n) is 4.83. The monoisotopic (exact) mass is 385 g/mol. The molecule has 3 aromatic carbocycles. The van der Waals surface area contributed by atoms with E-state index >= 15 is 0 Å². The molecule has 1 aliphatic rings. The molecule has 1 N–H and O–H groups in total. The van der Waals surface area contributed by atoms with Crippen molar-refractivity contribution in [3.8, 4) is 0 Å². The Kier molecular flexibility index (Phi) is 4.60. The fraction of sp³-hybridized carbons (Fsp3) is 0.0870. The number of barbiturate groups is 1. The predicted molar refractivity (Wildman–Crippen MR) is 114 cm³/mol. The number of benzene rings is 3. The van der Waals surface area contributed by atoms with E-state index in [0.717, 1.165) is 21.4 Å². The van der Waals surface area contributed by atoms with Crippen molar-refractivity contribution >= 4 is 46.1 Å². The first-order chi connectivity index (χ1) is 14.0. The maximum absolute atomic E-state index is 13.1. The summed E-state index contributed by atoms with van der Waals surface area (Å²) in [4.78, 5) is 41.0. The van der Waals surface area contributed by atoms with E-state index in [9.17, 15) is 14.4 Å². The lowest BCUT2D eigenvalue weighted by molar-refractivity contribution is -0.122. The average Bonchev–Trinajstić information content (AvgIpc) is 2.71. The molecular weight excluding hydrogens is 366 g/mol. The van der Waals surface area contributed by atoms with E-state index in [4.69, 9.17) is 0 Å².